The van der Waals surface area contributed by atoms with E-state index in [0.29, 0.717) is 0 Å². The van der Waals surface area contributed by atoms with Crippen LogP contribution in [0.15, 0.2) is 0 Å². The maximum absolute atomic E-state index is 10.5. The molecule has 0 saturated carbocycles. The zero-order chi connectivity index (χ0) is 9.84. The molecule has 6 nitrogen and oxygen atoms in total. The van der Waals surface area contributed by atoms with Crippen molar-refractivity contribution in [3.63, 3.8) is 0 Å². The average Bonchev–Trinajstić information content (AvgIpc) is 2.33. The number of carbonyl (C=O) groups excluding carboxylic acids is 2. The van der Waals surface area contributed by atoms with Crippen LogP contribution in [-0.2, 0) is 9.59 Å². The maximum atomic E-state index is 10.5. The van der Waals surface area contributed by atoms with Gasteiger partial charge in [0.15, 0.2) is 0 Å². The van der Waals surface area contributed by atoms with Gasteiger partial charge < -0.3 is 14.9 Å². The van der Waals surface area contributed by atoms with Crippen LogP contribution in [0.2, 0.25) is 0 Å². The molecule has 0 unspecified atom stereocenters. The first kappa shape index (κ1) is 17.1. The van der Waals surface area contributed by atoms with E-state index >= 15 is 0 Å². The van der Waals surface area contributed by atoms with Crippen molar-refractivity contribution in [1.82, 2.24) is 6.24 Å². The second-order valence-electron chi connectivity index (χ2n) is 2.79. The van der Waals surface area contributed by atoms with Crippen molar-refractivity contribution in [3.05, 3.63) is 14.9 Å². The van der Waals surface area contributed by atoms with Crippen LogP contribution in [0.5, 0.6) is 0 Å². The molecule has 0 atom stereocenters. The van der Waals surface area contributed by atoms with Gasteiger partial charge in [-0.3, -0.25) is 0 Å². The quantitative estimate of drug-likeness (QED) is 0.326. The molecule has 0 bridgehead atoms. The minimum atomic E-state index is -1.01. The van der Waals surface area contributed by atoms with Gasteiger partial charge in [0.1, 0.15) is 0 Å². The van der Waals surface area contributed by atoms with Crippen molar-refractivity contribution in [1.29, 1.82) is 0 Å². The fraction of sp³-hybridized carbons (Fsp3) is 0.500. The first-order valence-electron chi connectivity index (χ1n) is 3.83. The largest absolute Gasteiger partial charge is 0.358 e. The summed E-state index contributed by atoms with van der Waals surface area (Å²) in [6.45, 7) is 1.91. The third-order valence-corrected chi connectivity index (χ3v) is 5.39. The molecule has 1 aliphatic heterocycles. The van der Waals surface area contributed by atoms with Crippen LogP contribution in [0.25, 0.3) is 0 Å². The van der Waals surface area contributed by atoms with Gasteiger partial charge in [-0.25, -0.2) is 0 Å². The van der Waals surface area contributed by atoms with Gasteiger partial charge in [0.25, 0.3) is 0 Å². The van der Waals surface area contributed by atoms with Crippen molar-refractivity contribution in [2.24, 2.45) is 0 Å². The van der Waals surface area contributed by atoms with Crippen LogP contribution in [0.1, 0.15) is 0 Å². The van der Waals surface area contributed by atoms with Crippen molar-refractivity contribution in [3.8, 4) is 0 Å². The third-order valence-electron chi connectivity index (χ3n) is 1.59. The summed E-state index contributed by atoms with van der Waals surface area (Å²) in [5, 5.41) is 13.5. The zero-order valence-electron chi connectivity index (χ0n) is 9.04. The van der Waals surface area contributed by atoms with Crippen LogP contribution < -0.4 is 0 Å². The Bertz CT molecular complexity index is 203. The normalized spacial score (nSPS) is 16.5. The summed E-state index contributed by atoms with van der Waals surface area (Å²) in [7, 11) is 0. The predicted octanol–water partition coefficient (Wildman–Crippen LogP) is -2.46. The van der Waals surface area contributed by atoms with Crippen molar-refractivity contribution < 1.29 is 19.8 Å². The van der Waals surface area contributed by atoms with Crippen molar-refractivity contribution in [2.45, 2.75) is 0 Å². The molecule has 7 heteroatoms. The molecular weight excluding hydrogens is 307 g/mol. The molecule has 15 heavy (non-hydrogen) atoms. The van der Waals surface area contributed by atoms with Gasteiger partial charge in [0, 0.05) is 0 Å². The molecule has 0 aromatic carbocycles. The van der Waals surface area contributed by atoms with Gasteiger partial charge in [-0.1, -0.05) is 0 Å². The molecule has 0 spiro atoms. The molecule has 0 aromatic heterocycles. The summed E-state index contributed by atoms with van der Waals surface area (Å²) in [5.41, 5.74) is 0. The van der Waals surface area contributed by atoms with Gasteiger partial charge in [-0.2, -0.15) is 0 Å². The molecule has 4 N–H and O–H groups in total. The van der Waals surface area contributed by atoms with E-state index in [1.807, 2.05) is 6.24 Å². The van der Waals surface area contributed by atoms with E-state index in [0.717, 1.165) is 13.1 Å². The van der Waals surface area contributed by atoms with E-state index in [2.05, 4.69) is 0 Å². The summed E-state index contributed by atoms with van der Waals surface area (Å²) < 4.78 is 3.92. The summed E-state index contributed by atoms with van der Waals surface area (Å²) >= 11 is -1.01. The van der Waals surface area contributed by atoms with Crippen LogP contribution >= 0.6 is 0 Å². The third kappa shape index (κ3) is 6.69. The smallest absolute Gasteiger partial charge is 0.358 e. The molecule has 1 fully saturated rings. The Morgan fingerprint density at radius 3 is 1.60 bits per heavy atom. The number of carbonyl (C=O) groups is 2. The predicted molar refractivity (Wildman–Crippen MR) is 59.0 cm³/mol. The standard InChI is InChI=1S/C6H10N2O4.2CH3.Sn/c9-5(10)3-7-1-2-8-4-6(11)12;;;/h1-4H2,(H,9,10)(H,11,12);2*1H3;/q-2;2*-1;+2/p+2. The van der Waals surface area contributed by atoms with Crippen molar-refractivity contribution >= 4 is 33.6 Å². The van der Waals surface area contributed by atoms with Crippen LogP contribution in [-0.4, -0.2) is 76.3 Å². The van der Waals surface area contributed by atoms with E-state index in [9.17, 15) is 9.59 Å². The Balaban J connectivity index is 0. The number of hydrogen-bond acceptors (Lipinski definition) is 4. The minimum absolute atomic E-state index is 0. The maximum Gasteiger partial charge on any atom is -0.358 e. The number of hydrogen-bond donors (Lipinski definition) is 0. The average molecular weight is 325 g/mol. The molecule has 1 heterocycles. The van der Waals surface area contributed by atoms with E-state index in [-0.39, 0.29) is 27.9 Å². The molecule has 1 aliphatic rings. The topological polar surface area (TPSA) is 86.4 Å². The Kier molecular flexibility index (Phi) is 8.97. The second-order valence-corrected chi connectivity index (χ2v) is 6.97. The number of nitrogens with zero attached hydrogens (tertiary/aromatic N) is 2. The molecule has 88 valence electrons. The van der Waals surface area contributed by atoms with Gasteiger partial charge in [0.05, 0.1) is 0 Å². The first-order chi connectivity index (χ1) is 6.08. The Morgan fingerprint density at radius 1 is 1.00 bits per heavy atom. The van der Waals surface area contributed by atoms with E-state index in [4.69, 9.17) is 10.2 Å². The minimum Gasteiger partial charge on any atom is -0.358 e. The molecule has 0 amide bonds. The summed E-state index contributed by atoms with van der Waals surface area (Å²) in [6.07, 6.45) is 0. The van der Waals surface area contributed by atoms with E-state index < -0.39 is 33.6 Å². The number of rotatable bonds is 4. The summed E-state index contributed by atoms with van der Waals surface area (Å²) in [6, 6.07) is 0. The molecule has 1 saturated heterocycles. The molecular formula is C8H18N2O4Sn. The Labute approximate surface area is 101 Å². The first-order valence-corrected chi connectivity index (χ1v) is 6.38. The molecule has 0 aromatic rings. The van der Waals surface area contributed by atoms with Gasteiger partial charge in [-0.05, 0) is 0 Å². The van der Waals surface area contributed by atoms with Crippen LogP contribution in [0, 0.1) is 14.9 Å². The summed E-state index contributed by atoms with van der Waals surface area (Å²) in [5.74, 6) is -1.14. The molecule has 0 aliphatic carbocycles. The van der Waals surface area contributed by atoms with Crippen molar-refractivity contribution in [2.75, 3.05) is 26.2 Å². The monoisotopic (exact) mass is 326 g/mol. The fourth-order valence-corrected chi connectivity index (χ4v) is 4.62. The summed E-state index contributed by atoms with van der Waals surface area (Å²) in [4.78, 5) is 20.9. The molecule has 2 radical (unpaired) electrons. The van der Waals surface area contributed by atoms with Crippen LogP contribution in [0.3, 0.4) is 0 Å². The Hall–Kier alpha value is -0.341. The zero-order valence-corrected chi connectivity index (χ0v) is 11.9. The van der Waals surface area contributed by atoms with Crippen LogP contribution in [0.4, 0.5) is 0 Å². The van der Waals surface area contributed by atoms with Gasteiger partial charge in [-0.15, -0.1) is 0 Å². The SMILES string of the molecule is O=C([OH2+])C[N]1CC[N](CC(=O)[OH2+])[Sn]1.[CH3-].[CH3-]. The second kappa shape index (κ2) is 7.89. The van der Waals surface area contributed by atoms with E-state index in [1.165, 1.54) is 0 Å². The Morgan fingerprint density at radius 2 is 1.33 bits per heavy atom. The van der Waals surface area contributed by atoms with Gasteiger partial charge >= 0.3 is 85.9 Å². The fourth-order valence-electron chi connectivity index (χ4n) is 1.12. The van der Waals surface area contributed by atoms with Gasteiger partial charge in [0.2, 0.25) is 0 Å². The molecule has 1 rings (SSSR count). The van der Waals surface area contributed by atoms with E-state index in [1.54, 1.807) is 0 Å².